The van der Waals surface area contributed by atoms with Gasteiger partial charge in [-0.15, -0.1) is 0 Å². The Morgan fingerprint density at radius 2 is 1.88 bits per heavy atom. The average molecular weight is 394 g/mol. The zero-order valence-electron chi connectivity index (χ0n) is 14.3. The summed E-state index contributed by atoms with van der Waals surface area (Å²) in [6.07, 6.45) is 0. The normalized spacial score (nSPS) is 24.9. The first-order valence-electron chi connectivity index (χ1n) is 8.31. The molecule has 0 bridgehead atoms. The lowest BCUT2D eigenvalue weighted by Crippen LogP contribution is -2.33. The van der Waals surface area contributed by atoms with Gasteiger partial charge in [0.15, 0.2) is 9.84 Å². The summed E-state index contributed by atoms with van der Waals surface area (Å²) in [5.74, 6) is -1.19. The Morgan fingerprint density at radius 1 is 1.19 bits per heavy atom. The van der Waals surface area contributed by atoms with E-state index in [0.717, 1.165) is 0 Å². The van der Waals surface area contributed by atoms with Crippen molar-refractivity contribution in [1.29, 1.82) is 0 Å². The Morgan fingerprint density at radius 3 is 2.46 bits per heavy atom. The van der Waals surface area contributed by atoms with Crippen LogP contribution in [0, 0.1) is 5.41 Å². The van der Waals surface area contributed by atoms with E-state index in [1.54, 1.807) is 49.4 Å². The molecule has 1 aliphatic carbocycles. The summed E-state index contributed by atoms with van der Waals surface area (Å²) in [4.78, 5) is 12.9. The number of nitrogens with two attached hydrogens (primary N) is 1. The van der Waals surface area contributed by atoms with E-state index < -0.39 is 32.4 Å². The maximum atomic E-state index is 13.3. The number of hydrogen-bond acceptors (Lipinski definition) is 5. The van der Waals surface area contributed by atoms with Crippen LogP contribution in [0.5, 0.6) is 0 Å². The van der Waals surface area contributed by atoms with E-state index in [-0.39, 0.29) is 18.0 Å². The van der Waals surface area contributed by atoms with Crippen LogP contribution in [0.2, 0.25) is 5.02 Å². The first-order valence-corrected chi connectivity index (χ1v) is 10.2. The second kappa shape index (κ2) is 7.02. The molecule has 1 aliphatic rings. The number of ether oxygens (including phenoxy) is 1. The summed E-state index contributed by atoms with van der Waals surface area (Å²) in [6, 6.07) is 15.0. The molecular formula is C19H20ClNO4S. The Balaban J connectivity index is 2.13. The van der Waals surface area contributed by atoms with Crippen LogP contribution in [0.15, 0.2) is 59.5 Å². The van der Waals surface area contributed by atoms with Crippen molar-refractivity contribution in [1.82, 2.24) is 0 Å². The van der Waals surface area contributed by atoms with Crippen molar-refractivity contribution >= 4 is 27.4 Å². The van der Waals surface area contributed by atoms with Gasteiger partial charge in [-0.25, -0.2) is 8.42 Å². The maximum absolute atomic E-state index is 13.3. The van der Waals surface area contributed by atoms with Crippen molar-refractivity contribution in [3.05, 3.63) is 65.2 Å². The van der Waals surface area contributed by atoms with Gasteiger partial charge in [-0.2, -0.15) is 0 Å². The molecule has 7 heteroatoms. The van der Waals surface area contributed by atoms with Gasteiger partial charge in [0.2, 0.25) is 0 Å². The lowest BCUT2D eigenvalue weighted by atomic mass is 9.99. The molecule has 26 heavy (non-hydrogen) atoms. The van der Waals surface area contributed by atoms with Gasteiger partial charge in [-0.3, -0.25) is 4.79 Å². The Labute approximate surface area is 158 Å². The van der Waals surface area contributed by atoms with Gasteiger partial charge < -0.3 is 10.5 Å². The summed E-state index contributed by atoms with van der Waals surface area (Å²) in [5.41, 5.74) is 5.29. The minimum absolute atomic E-state index is 0.125. The quantitative estimate of drug-likeness (QED) is 0.762. The van der Waals surface area contributed by atoms with Crippen molar-refractivity contribution in [2.24, 2.45) is 11.1 Å². The molecule has 0 saturated heterocycles. The molecule has 0 radical (unpaired) electrons. The molecule has 2 aromatic carbocycles. The molecule has 3 rings (SSSR count). The number of esters is 1. The average Bonchev–Trinajstić information content (AvgIpc) is 3.34. The van der Waals surface area contributed by atoms with Crippen LogP contribution in [0.4, 0.5) is 0 Å². The summed E-state index contributed by atoms with van der Waals surface area (Å²) in [7, 11) is -3.78. The van der Waals surface area contributed by atoms with E-state index in [2.05, 4.69) is 0 Å². The van der Waals surface area contributed by atoms with E-state index in [4.69, 9.17) is 22.1 Å². The second-order valence-corrected chi connectivity index (χ2v) is 8.78. The molecule has 1 fully saturated rings. The van der Waals surface area contributed by atoms with Gasteiger partial charge in [0.05, 0.1) is 16.8 Å². The van der Waals surface area contributed by atoms with Crippen LogP contribution in [0.1, 0.15) is 18.4 Å². The van der Waals surface area contributed by atoms with E-state index in [9.17, 15) is 13.2 Å². The molecule has 138 valence electrons. The van der Waals surface area contributed by atoms with E-state index in [1.165, 1.54) is 12.1 Å². The van der Waals surface area contributed by atoms with Gasteiger partial charge in [-0.05, 0) is 36.8 Å². The van der Waals surface area contributed by atoms with Crippen molar-refractivity contribution in [3.8, 4) is 0 Å². The molecule has 0 spiro atoms. The van der Waals surface area contributed by atoms with Crippen molar-refractivity contribution in [2.75, 3.05) is 13.2 Å². The SMILES string of the molecule is CCOC(=O)[C@@]1(CN)[C@H](c2cccc(Cl)c2)[C@@H]1S(=O)(=O)c1ccccc1. The van der Waals surface area contributed by atoms with Crippen molar-refractivity contribution in [3.63, 3.8) is 0 Å². The van der Waals surface area contributed by atoms with Gasteiger partial charge >= 0.3 is 5.97 Å². The number of hydrogen-bond donors (Lipinski definition) is 1. The lowest BCUT2D eigenvalue weighted by Gasteiger charge is -2.14. The van der Waals surface area contributed by atoms with Crippen LogP contribution in [0.3, 0.4) is 0 Å². The predicted octanol–water partition coefficient (Wildman–Crippen LogP) is 2.79. The van der Waals surface area contributed by atoms with Crippen molar-refractivity contribution < 1.29 is 17.9 Å². The Bertz CT molecular complexity index is 916. The summed E-state index contributed by atoms with van der Waals surface area (Å²) < 4.78 is 31.7. The zero-order valence-corrected chi connectivity index (χ0v) is 15.8. The molecule has 3 atom stereocenters. The summed E-state index contributed by atoms with van der Waals surface area (Å²) in [5, 5.41) is -0.514. The molecule has 0 aliphatic heterocycles. The largest absolute Gasteiger partial charge is 0.465 e. The predicted molar refractivity (Wildman–Crippen MR) is 99.7 cm³/mol. The topological polar surface area (TPSA) is 86.5 Å². The van der Waals surface area contributed by atoms with Crippen molar-refractivity contribution in [2.45, 2.75) is 23.0 Å². The molecule has 5 nitrogen and oxygen atoms in total. The van der Waals surface area contributed by atoms with E-state index in [1.807, 2.05) is 0 Å². The number of rotatable bonds is 6. The van der Waals surface area contributed by atoms with Gasteiger partial charge in [-0.1, -0.05) is 41.9 Å². The fraction of sp³-hybridized carbons (Fsp3) is 0.316. The number of benzene rings is 2. The number of carbonyl (C=O) groups excluding carboxylic acids is 1. The standard InChI is InChI=1S/C19H20ClNO4S/c1-2-25-18(22)19(12-21)16(13-7-6-8-14(20)11-13)17(19)26(23,24)15-9-4-3-5-10-15/h3-11,16-17H,2,12,21H2,1H3/t16-,17+,19+/m1/s1. The molecule has 2 N–H and O–H groups in total. The molecule has 1 saturated carbocycles. The fourth-order valence-corrected chi connectivity index (χ4v) is 6.23. The van der Waals surface area contributed by atoms with Crippen LogP contribution >= 0.6 is 11.6 Å². The molecule has 0 heterocycles. The van der Waals surface area contributed by atoms with Crippen LogP contribution in [-0.2, 0) is 19.4 Å². The van der Waals surface area contributed by atoms with E-state index >= 15 is 0 Å². The maximum Gasteiger partial charge on any atom is 0.315 e. The fourth-order valence-electron chi connectivity index (χ4n) is 3.62. The summed E-state index contributed by atoms with van der Waals surface area (Å²) in [6.45, 7) is 1.71. The molecule has 2 aromatic rings. The van der Waals surface area contributed by atoms with E-state index in [0.29, 0.717) is 10.6 Å². The first-order chi connectivity index (χ1) is 12.4. The highest BCUT2D eigenvalue weighted by Crippen LogP contribution is 2.64. The number of sulfone groups is 1. The highest BCUT2D eigenvalue weighted by Gasteiger charge is 2.75. The van der Waals surface area contributed by atoms with Gasteiger partial charge in [0.25, 0.3) is 0 Å². The highest BCUT2D eigenvalue weighted by molar-refractivity contribution is 7.92. The molecule has 0 unspecified atom stereocenters. The Kier molecular flexibility index (Phi) is 5.10. The van der Waals surface area contributed by atoms with Crippen LogP contribution in [0.25, 0.3) is 0 Å². The smallest absolute Gasteiger partial charge is 0.315 e. The number of halogens is 1. The molecular weight excluding hydrogens is 374 g/mol. The molecule has 0 amide bonds. The van der Waals surface area contributed by atoms with Crippen LogP contribution < -0.4 is 5.73 Å². The van der Waals surface area contributed by atoms with Gasteiger partial charge in [0.1, 0.15) is 5.41 Å². The third-order valence-electron chi connectivity index (χ3n) is 4.86. The highest BCUT2D eigenvalue weighted by atomic mass is 35.5. The molecule has 0 aromatic heterocycles. The summed E-state index contributed by atoms with van der Waals surface area (Å²) >= 11 is 6.08. The monoisotopic (exact) mass is 393 g/mol. The van der Waals surface area contributed by atoms with Gasteiger partial charge in [0, 0.05) is 17.5 Å². The zero-order chi connectivity index (χ0) is 18.9. The Hall–Kier alpha value is -1.89. The third-order valence-corrected chi connectivity index (χ3v) is 7.39. The lowest BCUT2D eigenvalue weighted by molar-refractivity contribution is -0.149. The third kappa shape index (κ3) is 2.92. The van der Waals surface area contributed by atoms with Crippen LogP contribution in [-0.4, -0.2) is 32.8 Å². The minimum atomic E-state index is -3.78. The number of carbonyl (C=O) groups is 1. The first kappa shape index (κ1) is 18.9. The minimum Gasteiger partial charge on any atom is -0.465 e. The second-order valence-electron chi connectivity index (χ2n) is 6.28.